The molecule has 0 bridgehead atoms. The highest BCUT2D eigenvalue weighted by atomic mass is 16.6. The van der Waals surface area contributed by atoms with Crippen LogP contribution in [0.3, 0.4) is 0 Å². The molecule has 0 radical (unpaired) electrons. The van der Waals surface area contributed by atoms with Gasteiger partial charge < -0.3 is 5.32 Å². The van der Waals surface area contributed by atoms with Crippen LogP contribution in [-0.2, 0) is 0 Å². The third-order valence-electron chi connectivity index (χ3n) is 2.52. The van der Waals surface area contributed by atoms with Crippen molar-refractivity contribution >= 4 is 23.0 Å². The van der Waals surface area contributed by atoms with Gasteiger partial charge in [-0.3, -0.25) is 30.0 Å². The van der Waals surface area contributed by atoms with Crippen molar-refractivity contribution < 1.29 is 14.6 Å². The Balaban J connectivity index is 2.36. The van der Waals surface area contributed by atoms with E-state index in [2.05, 4.69) is 10.3 Å². The summed E-state index contributed by atoms with van der Waals surface area (Å²) in [4.78, 5) is 35.7. The number of aromatic nitrogens is 1. The third-order valence-corrected chi connectivity index (χ3v) is 2.52. The summed E-state index contributed by atoms with van der Waals surface area (Å²) in [6.07, 6.45) is 2.90. The Bertz CT molecular complexity index is 685. The van der Waals surface area contributed by atoms with Gasteiger partial charge in [-0.1, -0.05) is 0 Å². The van der Waals surface area contributed by atoms with Crippen molar-refractivity contribution in [3.8, 4) is 0 Å². The van der Waals surface area contributed by atoms with Gasteiger partial charge in [0.15, 0.2) is 0 Å². The zero-order valence-corrected chi connectivity index (χ0v) is 10.4. The quantitative estimate of drug-likeness (QED) is 0.677. The summed E-state index contributed by atoms with van der Waals surface area (Å²) in [5.41, 5.74) is -0.801. The second kappa shape index (κ2) is 5.74. The van der Waals surface area contributed by atoms with Crippen LogP contribution in [0.1, 0.15) is 10.4 Å². The fourth-order valence-corrected chi connectivity index (χ4v) is 1.58. The first-order valence-electron chi connectivity index (χ1n) is 5.62. The average Bonchev–Trinajstić information content (AvgIpc) is 2.47. The van der Waals surface area contributed by atoms with Gasteiger partial charge in [0.1, 0.15) is 0 Å². The van der Waals surface area contributed by atoms with E-state index >= 15 is 0 Å². The molecule has 0 aliphatic carbocycles. The fourth-order valence-electron chi connectivity index (χ4n) is 1.58. The van der Waals surface area contributed by atoms with E-state index in [-0.39, 0.29) is 5.56 Å². The van der Waals surface area contributed by atoms with Gasteiger partial charge in [-0.2, -0.15) is 0 Å². The van der Waals surface area contributed by atoms with Crippen LogP contribution in [0.4, 0.5) is 17.1 Å². The number of rotatable bonds is 4. The molecule has 0 fully saturated rings. The van der Waals surface area contributed by atoms with Crippen LogP contribution >= 0.6 is 0 Å². The summed E-state index contributed by atoms with van der Waals surface area (Å²) in [6, 6.07) is 5.78. The van der Waals surface area contributed by atoms with Gasteiger partial charge in [-0.05, 0) is 12.1 Å². The fraction of sp³-hybridized carbons (Fsp3) is 0. The number of carbonyl (C=O) groups is 1. The molecule has 9 nitrogen and oxygen atoms in total. The maximum Gasteiger partial charge on any atom is 0.277 e. The van der Waals surface area contributed by atoms with Crippen LogP contribution in [-0.4, -0.2) is 20.7 Å². The topological polar surface area (TPSA) is 128 Å². The van der Waals surface area contributed by atoms with Crippen molar-refractivity contribution in [2.75, 3.05) is 5.32 Å². The number of hydrogen-bond donors (Lipinski definition) is 1. The molecule has 9 heteroatoms. The maximum absolute atomic E-state index is 12.0. The van der Waals surface area contributed by atoms with Crippen molar-refractivity contribution in [1.29, 1.82) is 0 Å². The number of pyridine rings is 1. The Hall–Kier alpha value is -3.36. The van der Waals surface area contributed by atoms with E-state index in [1.54, 1.807) is 0 Å². The zero-order chi connectivity index (χ0) is 15.4. The molecule has 1 N–H and O–H groups in total. The highest BCUT2D eigenvalue weighted by Crippen LogP contribution is 2.23. The molecule has 0 aliphatic rings. The van der Waals surface area contributed by atoms with Crippen LogP contribution < -0.4 is 5.32 Å². The predicted octanol–water partition coefficient (Wildman–Crippen LogP) is 2.15. The van der Waals surface area contributed by atoms with E-state index in [0.29, 0.717) is 5.69 Å². The number of nitrogens with one attached hydrogen (secondary N) is 1. The minimum atomic E-state index is -0.795. The Morgan fingerprint density at radius 2 is 1.52 bits per heavy atom. The molecule has 2 rings (SSSR count). The van der Waals surface area contributed by atoms with E-state index in [1.165, 1.54) is 24.5 Å². The summed E-state index contributed by atoms with van der Waals surface area (Å²) in [5.74, 6) is -0.687. The highest BCUT2D eigenvalue weighted by Gasteiger charge is 2.19. The summed E-state index contributed by atoms with van der Waals surface area (Å²) >= 11 is 0. The number of nitrogens with zero attached hydrogens (tertiary/aromatic N) is 3. The largest absolute Gasteiger partial charge is 0.322 e. The van der Waals surface area contributed by atoms with Crippen LogP contribution in [0, 0.1) is 20.2 Å². The molecule has 0 unspecified atom stereocenters. The number of nitro benzene ring substituents is 2. The molecule has 0 spiro atoms. The number of anilines is 1. The van der Waals surface area contributed by atoms with Crippen LogP contribution in [0.2, 0.25) is 0 Å². The van der Waals surface area contributed by atoms with E-state index in [0.717, 1.165) is 18.2 Å². The molecule has 0 saturated heterocycles. The number of nitro groups is 2. The Morgan fingerprint density at radius 3 is 2.00 bits per heavy atom. The molecule has 1 amide bonds. The van der Waals surface area contributed by atoms with E-state index < -0.39 is 27.1 Å². The molecule has 0 aliphatic heterocycles. The predicted molar refractivity (Wildman–Crippen MR) is 71.9 cm³/mol. The Labute approximate surface area is 117 Å². The van der Waals surface area contributed by atoms with E-state index in [4.69, 9.17) is 0 Å². The number of hydrogen-bond acceptors (Lipinski definition) is 6. The number of non-ortho nitro benzene ring substituents is 2. The van der Waals surface area contributed by atoms with Crippen molar-refractivity contribution in [1.82, 2.24) is 4.98 Å². The molecular formula is C12H8N4O5. The zero-order valence-electron chi connectivity index (χ0n) is 10.4. The van der Waals surface area contributed by atoms with E-state index in [1.807, 2.05) is 0 Å². The second-order valence-corrected chi connectivity index (χ2v) is 3.94. The van der Waals surface area contributed by atoms with Crippen LogP contribution in [0.5, 0.6) is 0 Å². The molecule has 1 heterocycles. The van der Waals surface area contributed by atoms with Gasteiger partial charge in [0.2, 0.25) is 0 Å². The monoisotopic (exact) mass is 288 g/mol. The minimum Gasteiger partial charge on any atom is -0.322 e. The average molecular weight is 288 g/mol. The highest BCUT2D eigenvalue weighted by molar-refractivity contribution is 6.05. The molecule has 1 aromatic heterocycles. The molecule has 21 heavy (non-hydrogen) atoms. The second-order valence-electron chi connectivity index (χ2n) is 3.94. The number of benzene rings is 1. The lowest BCUT2D eigenvalue weighted by Gasteiger charge is -2.04. The molecular weight excluding hydrogens is 280 g/mol. The molecule has 0 saturated carbocycles. The maximum atomic E-state index is 12.0. The first-order chi connectivity index (χ1) is 9.97. The van der Waals surface area contributed by atoms with Gasteiger partial charge in [0, 0.05) is 30.2 Å². The Kier molecular flexibility index (Phi) is 3.84. The van der Waals surface area contributed by atoms with Crippen molar-refractivity contribution in [2.24, 2.45) is 0 Å². The van der Waals surface area contributed by atoms with E-state index in [9.17, 15) is 25.0 Å². The first kappa shape index (κ1) is 14.1. The summed E-state index contributed by atoms with van der Waals surface area (Å²) < 4.78 is 0. The van der Waals surface area contributed by atoms with Crippen LogP contribution in [0.15, 0.2) is 42.7 Å². The lowest BCUT2D eigenvalue weighted by molar-refractivity contribution is -0.394. The van der Waals surface area contributed by atoms with Crippen molar-refractivity contribution in [3.05, 3.63) is 68.5 Å². The molecule has 2 aromatic rings. The summed E-state index contributed by atoms with van der Waals surface area (Å²) in [6.45, 7) is 0. The SMILES string of the molecule is O=C(Nc1ccncc1)c1cc([N+](=O)[O-])cc([N+](=O)[O-])c1. The normalized spacial score (nSPS) is 9.90. The Morgan fingerprint density at radius 1 is 1.00 bits per heavy atom. The standard InChI is InChI=1S/C12H8N4O5/c17-12(14-9-1-3-13-4-2-9)8-5-10(15(18)19)7-11(6-8)16(20)21/h1-7H,(H,13,14,17). The smallest absolute Gasteiger partial charge is 0.277 e. The first-order valence-corrected chi connectivity index (χ1v) is 5.62. The van der Waals surface area contributed by atoms with Crippen LogP contribution in [0.25, 0.3) is 0 Å². The molecule has 1 aromatic carbocycles. The van der Waals surface area contributed by atoms with Gasteiger partial charge >= 0.3 is 0 Å². The molecule has 106 valence electrons. The van der Waals surface area contributed by atoms with Gasteiger partial charge in [-0.25, -0.2) is 0 Å². The number of amides is 1. The van der Waals surface area contributed by atoms with Crippen molar-refractivity contribution in [3.63, 3.8) is 0 Å². The van der Waals surface area contributed by atoms with Gasteiger partial charge in [0.25, 0.3) is 17.3 Å². The molecule has 0 atom stereocenters. The van der Waals surface area contributed by atoms with Crippen molar-refractivity contribution in [2.45, 2.75) is 0 Å². The lowest BCUT2D eigenvalue weighted by atomic mass is 10.1. The lowest BCUT2D eigenvalue weighted by Crippen LogP contribution is -2.12. The summed E-state index contributed by atoms with van der Waals surface area (Å²) in [5, 5.41) is 24.0. The summed E-state index contributed by atoms with van der Waals surface area (Å²) in [7, 11) is 0. The number of carbonyl (C=O) groups excluding carboxylic acids is 1. The third kappa shape index (κ3) is 3.35. The minimum absolute atomic E-state index is 0.173. The van der Waals surface area contributed by atoms with Gasteiger partial charge in [0.05, 0.1) is 21.5 Å². The van der Waals surface area contributed by atoms with Gasteiger partial charge in [-0.15, -0.1) is 0 Å².